The van der Waals surface area contributed by atoms with Crippen molar-refractivity contribution in [3.63, 3.8) is 0 Å². The van der Waals surface area contributed by atoms with Crippen molar-refractivity contribution in [2.75, 3.05) is 59.7 Å². The number of nitrogens with zero attached hydrogens (tertiary/aromatic N) is 4. The maximum atomic E-state index is 13.5. The van der Waals surface area contributed by atoms with E-state index in [1.165, 1.54) is 5.56 Å². The minimum Gasteiger partial charge on any atom is -0.383 e. The predicted octanol–water partition coefficient (Wildman–Crippen LogP) is 3.39. The number of pyridine rings is 1. The summed E-state index contributed by atoms with van der Waals surface area (Å²) >= 11 is 0. The van der Waals surface area contributed by atoms with E-state index in [4.69, 9.17) is 14.5 Å². The standard InChI is InChI=1S/C26H34N4O3.ClH/c1-20-4-7-22(8-5-20)26-23(30-19-21(2)6-9-24(30)27-26)18-25(31)29(14-15-32-3)11-10-28-12-16-33-17-13-28;/h4-9,19H,10-18H2,1-3H3;1H. The summed E-state index contributed by atoms with van der Waals surface area (Å²) in [6.45, 7) is 10.1. The van der Waals surface area contributed by atoms with Crippen LogP contribution in [-0.2, 0) is 20.7 Å². The first-order valence-electron chi connectivity index (χ1n) is 11.7. The maximum absolute atomic E-state index is 13.5. The molecular weight excluding hydrogens is 452 g/mol. The first kappa shape index (κ1) is 26.2. The Balaban J connectivity index is 0.00000324. The zero-order chi connectivity index (χ0) is 23.2. The van der Waals surface area contributed by atoms with E-state index in [-0.39, 0.29) is 18.3 Å². The Morgan fingerprint density at radius 3 is 2.47 bits per heavy atom. The van der Waals surface area contributed by atoms with Gasteiger partial charge >= 0.3 is 0 Å². The zero-order valence-electron chi connectivity index (χ0n) is 20.3. The quantitative estimate of drug-likeness (QED) is 0.464. The highest BCUT2D eigenvalue weighted by atomic mass is 35.5. The molecular formula is C26H35ClN4O3. The number of morpholine rings is 1. The molecule has 34 heavy (non-hydrogen) atoms. The lowest BCUT2D eigenvalue weighted by molar-refractivity contribution is -0.131. The minimum absolute atomic E-state index is 0. The lowest BCUT2D eigenvalue weighted by Crippen LogP contribution is -2.44. The molecule has 0 atom stereocenters. The van der Waals surface area contributed by atoms with Crippen LogP contribution in [0, 0.1) is 13.8 Å². The van der Waals surface area contributed by atoms with Gasteiger partial charge in [-0.1, -0.05) is 35.9 Å². The Morgan fingerprint density at radius 2 is 1.76 bits per heavy atom. The number of hydrogen-bond acceptors (Lipinski definition) is 5. The fraction of sp³-hybridized carbons (Fsp3) is 0.462. The van der Waals surface area contributed by atoms with E-state index in [1.807, 2.05) is 11.0 Å². The van der Waals surface area contributed by atoms with Gasteiger partial charge in [-0.05, 0) is 25.5 Å². The van der Waals surface area contributed by atoms with Crippen LogP contribution < -0.4 is 0 Å². The highest BCUT2D eigenvalue weighted by Crippen LogP contribution is 2.26. The molecule has 1 aromatic carbocycles. The molecule has 2 aromatic heterocycles. The number of fused-ring (bicyclic) bond motifs is 1. The summed E-state index contributed by atoms with van der Waals surface area (Å²) in [6.07, 6.45) is 2.36. The van der Waals surface area contributed by atoms with Gasteiger partial charge in [-0.2, -0.15) is 0 Å². The van der Waals surface area contributed by atoms with Crippen molar-refractivity contribution in [1.82, 2.24) is 19.2 Å². The summed E-state index contributed by atoms with van der Waals surface area (Å²) in [5, 5.41) is 0. The molecule has 3 heterocycles. The van der Waals surface area contributed by atoms with Gasteiger partial charge in [0.15, 0.2) is 0 Å². The molecule has 7 nitrogen and oxygen atoms in total. The van der Waals surface area contributed by atoms with Gasteiger partial charge in [0, 0.05) is 51.6 Å². The molecule has 1 fully saturated rings. The van der Waals surface area contributed by atoms with E-state index < -0.39 is 0 Å². The van der Waals surface area contributed by atoms with Crippen LogP contribution in [0.1, 0.15) is 16.8 Å². The van der Waals surface area contributed by atoms with Crippen LogP contribution in [0.25, 0.3) is 16.9 Å². The van der Waals surface area contributed by atoms with Crippen LogP contribution in [0.4, 0.5) is 0 Å². The lowest BCUT2D eigenvalue weighted by Gasteiger charge is -2.30. The number of rotatable bonds is 9. The number of ether oxygens (including phenoxy) is 2. The molecule has 1 aliphatic rings. The molecule has 0 unspecified atom stereocenters. The summed E-state index contributed by atoms with van der Waals surface area (Å²) < 4.78 is 12.8. The normalized spacial score (nSPS) is 14.2. The molecule has 184 valence electrons. The smallest absolute Gasteiger partial charge is 0.228 e. The fourth-order valence-electron chi connectivity index (χ4n) is 4.22. The van der Waals surface area contributed by atoms with E-state index >= 15 is 0 Å². The zero-order valence-corrected chi connectivity index (χ0v) is 21.1. The van der Waals surface area contributed by atoms with Crippen molar-refractivity contribution in [1.29, 1.82) is 0 Å². The summed E-state index contributed by atoms with van der Waals surface area (Å²) in [5.41, 5.74) is 6.01. The van der Waals surface area contributed by atoms with E-state index in [0.717, 1.165) is 61.0 Å². The molecule has 1 amide bonds. The number of amides is 1. The second kappa shape index (κ2) is 12.3. The number of hydrogen-bond donors (Lipinski definition) is 0. The van der Waals surface area contributed by atoms with Crippen LogP contribution in [0.2, 0.25) is 0 Å². The first-order chi connectivity index (χ1) is 16.0. The van der Waals surface area contributed by atoms with Gasteiger partial charge in [0.1, 0.15) is 5.65 Å². The van der Waals surface area contributed by atoms with Crippen molar-refractivity contribution in [2.24, 2.45) is 0 Å². The number of benzene rings is 1. The molecule has 8 heteroatoms. The number of aryl methyl sites for hydroxylation is 2. The van der Waals surface area contributed by atoms with E-state index in [0.29, 0.717) is 26.1 Å². The molecule has 0 bridgehead atoms. The van der Waals surface area contributed by atoms with Gasteiger partial charge in [-0.25, -0.2) is 4.98 Å². The number of imidazole rings is 1. The molecule has 1 aliphatic heterocycles. The van der Waals surface area contributed by atoms with Gasteiger partial charge in [-0.3, -0.25) is 9.69 Å². The summed E-state index contributed by atoms with van der Waals surface area (Å²) in [5.74, 6) is 0.0944. The molecule has 3 aromatic rings. The molecule has 4 rings (SSSR count). The van der Waals surface area contributed by atoms with Gasteiger partial charge in [0.25, 0.3) is 0 Å². The van der Waals surface area contributed by atoms with Crippen LogP contribution in [0.15, 0.2) is 42.6 Å². The maximum Gasteiger partial charge on any atom is 0.228 e. The third kappa shape index (κ3) is 6.36. The second-order valence-corrected chi connectivity index (χ2v) is 8.71. The highest BCUT2D eigenvalue weighted by molar-refractivity contribution is 5.85. The molecule has 0 radical (unpaired) electrons. The monoisotopic (exact) mass is 486 g/mol. The SMILES string of the molecule is COCCN(CCN1CCOCC1)C(=O)Cc1c(-c2ccc(C)cc2)nc2ccc(C)cn12.Cl. The van der Waals surface area contributed by atoms with Crippen LogP contribution >= 0.6 is 12.4 Å². The van der Waals surface area contributed by atoms with Gasteiger partial charge in [0.2, 0.25) is 5.91 Å². The molecule has 0 aliphatic carbocycles. The highest BCUT2D eigenvalue weighted by Gasteiger charge is 2.22. The lowest BCUT2D eigenvalue weighted by atomic mass is 10.1. The van der Waals surface area contributed by atoms with Crippen molar-refractivity contribution >= 4 is 24.0 Å². The molecule has 1 saturated heterocycles. The van der Waals surface area contributed by atoms with Crippen LogP contribution in [0.5, 0.6) is 0 Å². The predicted molar refractivity (Wildman–Crippen MR) is 137 cm³/mol. The average molecular weight is 487 g/mol. The Labute approximate surface area is 208 Å². The first-order valence-corrected chi connectivity index (χ1v) is 11.7. The third-order valence-electron chi connectivity index (χ3n) is 6.22. The number of aromatic nitrogens is 2. The summed E-state index contributed by atoms with van der Waals surface area (Å²) in [7, 11) is 1.67. The Hall–Kier alpha value is -2.45. The number of carbonyl (C=O) groups excluding carboxylic acids is 1. The Morgan fingerprint density at radius 1 is 1.06 bits per heavy atom. The van der Waals surface area contributed by atoms with E-state index in [9.17, 15) is 4.79 Å². The molecule has 0 spiro atoms. The van der Waals surface area contributed by atoms with Crippen molar-refractivity contribution < 1.29 is 14.3 Å². The number of halogens is 1. The summed E-state index contributed by atoms with van der Waals surface area (Å²) in [6, 6.07) is 12.4. The van der Waals surface area contributed by atoms with Gasteiger partial charge in [0.05, 0.1) is 37.6 Å². The van der Waals surface area contributed by atoms with Crippen molar-refractivity contribution in [2.45, 2.75) is 20.3 Å². The summed E-state index contributed by atoms with van der Waals surface area (Å²) in [4.78, 5) is 22.7. The van der Waals surface area contributed by atoms with E-state index in [2.05, 4.69) is 59.7 Å². The average Bonchev–Trinajstić information content (AvgIpc) is 3.17. The van der Waals surface area contributed by atoms with Crippen LogP contribution in [0.3, 0.4) is 0 Å². The fourth-order valence-corrected chi connectivity index (χ4v) is 4.22. The van der Waals surface area contributed by atoms with Crippen molar-refractivity contribution in [3.8, 4) is 11.3 Å². The topological polar surface area (TPSA) is 59.3 Å². The Kier molecular flexibility index (Phi) is 9.47. The minimum atomic E-state index is 0. The van der Waals surface area contributed by atoms with Crippen LogP contribution in [-0.4, -0.2) is 84.7 Å². The van der Waals surface area contributed by atoms with Gasteiger partial charge < -0.3 is 18.8 Å². The van der Waals surface area contributed by atoms with E-state index in [1.54, 1.807) is 7.11 Å². The molecule has 0 N–H and O–H groups in total. The van der Waals surface area contributed by atoms with Crippen molar-refractivity contribution in [3.05, 3.63) is 59.4 Å². The number of methoxy groups -OCH3 is 1. The number of carbonyl (C=O) groups is 1. The second-order valence-electron chi connectivity index (χ2n) is 8.71. The molecule has 0 saturated carbocycles. The van der Waals surface area contributed by atoms with Gasteiger partial charge in [-0.15, -0.1) is 12.4 Å². The largest absolute Gasteiger partial charge is 0.383 e. The Bertz CT molecular complexity index is 1080. The third-order valence-corrected chi connectivity index (χ3v) is 6.22.